The highest BCUT2D eigenvalue weighted by molar-refractivity contribution is 6.01. The van der Waals surface area contributed by atoms with Crippen LogP contribution in [0, 0.1) is 0 Å². The van der Waals surface area contributed by atoms with Gasteiger partial charge >= 0.3 is 5.97 Å². The molecular weight excluding hydrogens is 360 g/mol. The summed E-state index contributed by atoms with van der Waals surface area (Å²) in [7, 11) is 0. The Bertz CT molecular complexity index is 853. The van der Waals surface area contributed by atoms with Crippen molar-refractivity contribution in [3.05, 3.63) is 60.2 Å². The molecule has 0 saturated carbocycles. The summed E-state index contributed by atoms with van der Waals surface area (Å²) in [6.45, 7) is 1.53. The molecule has 0 aromatic heterocycles. The Morgan fingerprint density at radius 2 is 1.86 bits per heavy atom. The van der Waals surface area contributed by atoms with Crippen molar-refractivity contribution in [2.75, 3.05) is 24.6 Å². The van der Waals surface area contributed by atoms with Crippen LogP contribution < -0.4 is 15.0 Å². The minimum atomic E-state index is -0.949. The van der Waals surface area contributed by atoms with Gasteiger partial charge in [0.1, 0.15) is 12.3 Å². The van der Waals surface area contributed by atoms with E-state index in [1.54, 1.807) is 24.3 Å². The van der Waals surface area contributed by atoms with Gasteiger partial charge in [-0.3, -0.25) is 19.3 Å². The Labute approximate surface area is 163 Å². The zero-order chi connectivity index (χ0) is 19.9. The molecule has 0 aliphatic carbocycles. The second-order valence-electron chi connectivity index (χ2n) is 6.39. The number of amides is 2. The standard InChI is InChI=1S/C21H22N2O5/c1-15(21(26)22-12-11-16-7-3-2-4-8-16)28-20(25)13-23-17-9-5-6-10-18(17)27-14-19(23)24/h2-10,15H,11-14H2,1H3,(H,22,26)/t15-/m1/s1. The molecule has 146 valence electrons. The van der Waals surface area contributed by atoms with Crippen molar-refractivity contribution in [2.24, 2.45) is 0 Å². The average molecular weight is 382 g/mol. The van der Waals surface area contributed by atoms with E-state index in [0.717, 1.165) is 5.56 Å². The van der Waals surface area contributed by atoms with Crippen molar-refractivity contribution in [2.45, 2.75) is 19.4 Å². The van der Waals surface area contributed by atoms with E-state index in [2.05, 4.69) is 5.32 Å². The molecule has 7 heteroatoms. The van der Waals surface area contributed by atoms with E-state index >= 15 is 0 Å². The number of hydrogen-bond donors (Lipinski definition) is 1. The van der Waals surface area contributed by atoms with Crippen LogP contribution in [0.15, 0.2) is 54.6 Å². The highest BCUT2D eigenvalue weighted by Crippen LogP contribution is 2.31. The molecule has 28 heavy (non-hydrogen) atoms. The van der Waals surface area contributed by atoms with Gasteiger partial charge in [-0.1, -0.05) is 42.5 Å². The molecule has 1 heterocycles. The number of nitrogens with one attached hydrogen (secondary N) is 1. The highest BCUT2D eigenvalue weighted by Gasteiger charge is 2.28. The molecule has 0 radical (unpaired) electrons. The van der Waals surface area contributed by atoms with Crippen molar-refractivity contribution < 1.29 is 23.9 Å². The lowest BCUT2D eigenvalue weighted by Crippen LogP contribution is -2.44. The van der Waals surface area contributed by atoms with Crippen LogP contribution in [0.1, 0.15) is 12.5 Å². The summed E-state index contributed by atoms with van der Waals surface area (Å²) in [5, 5.41) is 2.75. The molecule has 7 nitrogen and oxygen atoms in total. The molecule has 2 aromatic rings. The average Bonchev–Trinajstić information content (AvgIpc) is 2.71. The second-order valence-corrected chi connectivity index (χ2v) is 6.39. The number of ether oxygens (including phenoxy) is 2. The van der Waals surface area contributed by atoms with Crippen molar-refractivity contribution >= 4 is 23.5 Å². The van der Waals surface area contributed by atoms with Gasteiger partial charge in [-0.2, -0.15) is 0 Å². The maximum atomic E-state index is 12.2. The monoisotopic (exact) mass is 382 g/mol. The van der Waals surface area contributed by atoms with E-state index in [1.165, 1.54) is 11.8 Å². The predicted octanol–water partition coefficient (Wildman–Crippen LogP) is 1.70. The SMILES string of the molecule is C[C@@H](OC(=O)CN1C(=O)COc2ccccc21)C(=O)NCCc1ccccc1. The number of fused-ring (bicyclic) bond motifs is 1. The fraction of sp³-hybridized carbons (Fsp3) is 0.286. The van der Waals surface area contributed by atoms with Crippen LogP contribution in [0.5, 0.6) is 5.75 Å². The summed E-state index contributed by atoms with van der Waals surface area (Å²) >= 11 is 0. The van der Waals surface area contributed by atoms with Crippen LogP contribution in [-0.2, 0) is 25.5 Å². The smallest absolute Gasteiger partial charge is 0.326 e. The van der Waals surface area contributed by atoms with Crippen molar-refractivity contribution in [1.29, 1.82) is 0 Å². The summed E-state index contributed by atoms with van der Waals surface area (Å²) in [4.78, 5) is 37.8. The summed E-state index contributed by atoms with van der Waals surface area (Å²) < 4.78 is 10.5. The van der Waals surface area contributed by atoms with Crippen LogP contribution in [-0.4, -0.2) is 43.6 Å². The molecular formula is C21H22N2O5. The molecule has 3 rings (SSSR count). The number of carbonyl (C=O) groups excluding carboxylic acids is 3. The minimum absolute atomic E-state index is 0.139. The first kappa shape index (κ1) is 19.4. The Morgan fingerprint density at radius 1 is 1.14 bits per heavy atom. The summed E-state index contributed by atoms with van der Waals surface area (Å²) in [5.74, 6) is -0.842. The van der Waals surface area contributed by atoms with Crippen LogP contribution >= 0.6 is 0 Å². The molecule has 0 saturated heterocycles. The van der Waals surface area contributed by atoms with Gasteiger partial charge in [0.05, 0.1) is 5.69 Å². The highest BCUT2D eigenvalue weighted by atomic mass is 16.5. The third-order valence-electron chi connectivity index (χ3n) is 4.33. The molecule has 0 spiro atoms. The predicted molar refractivity (Wildman–Crippen MR) is 103 cm³/mol. The topological polar surface area (TPSA) is 84.9 Å². The lowest BCUT2D eigenvalue weighted by Gasteiger charge is -2.28. The van der Waals surface area contributed by atoms with Gasteiger partial charge in [-0.05, 0) is 31.0 Å². The van der Waals surface area contributed by atoms with Gasteiger partial charge in [0.25, 0.3) is 11.8 Å². The quantitative estimate of drug-likeness (QED) is 0.737. The van der Waals surface area contributed by atoms with E-state index in [4.69, 9.17) is 9.47 Å². The first-order chi connectivity index (χ1) is 13.5. The van der Waals surface area contributed by atoms with Crippen LogP contribution in [0.3, 0.4) is 0 Å². The van der Waals surface area contributed by atoms with E-state index in [-0.39, 0.29) is 25.0 Å². The largest absolute Gasteiger partial charge is 0.482 e. The van der Waals surface area contributed by atoms with Gasteiger partial charge < -0.3 is 14.8 Å². The van der Waals surface area contributed by atoms with Crippen molar-refractivity contribution in [3.8, 4) is 5.75 Å². The van der Waals surface area contributed by atoms with E-state index in [9.17, 15) is 14.4 Å². The van der Waals surface area contributed by atoms with Gasteiger partial charge in [0.2, 0.25) is 0 Å². The van der Waals surface area contributed by atoms with E-state index in [1.807, 2.05) is 30.3 Å². The Morgan fingerprint density at radius 3 is 2.64 bits per heavy atom. The van der Waals surface area contributed by atoms with Crippen molar-refractivity contribution in [3.63, 3.8) is 0 Å². The lowest BCUT2D eigenvalue weighted by molar-refractivity contribution is -0.153. The lowest BCUT2D eigenvalue weighted by atomic mass is 10.1. The summed E-state index contributed by atoms with van der Waals surface area (Å²) in [6, 6.07) is 16.7. The summed E-state index contributed by atoms with van der Waals surface area (Å²) in [6.07, 6.45) is -0.263. The molecule has 1 N–H and O–H groups in total. The zero-order valence-corrected chi connectivity index (χ0v) is 15.6. The number of hydrogen-bond acceptors (Lipinski definition) is 5. The maximum absolute atomic E-state index is 12.2. The fourth-order valence-corrected chi connectivity index (χ4v) is 2.86. The normalized spacial score (nSPS) is 13.9. The zero-order valence-electron chi connectivity index (χ0n) is 15.6. The first-order valence-electron chi connectivity index (χ1n) is 9.08. The Hall–Kier alpha value is -3.35. The summed E-state index contributed by atoms with van der Waals surface area (Å²) in [5.41, 5.74) is 1.62. The van der Waals surface area contributed by atoms with Gasteiger partial charge in [0, 0.05) is 6.54 Å². The second kappa shape index (κ2) is 9.03. The number of nitrogens with zero attached hydrogens (tertiary/aromatic N) is 1. The number of carbonyl (C=O) groups is 3. The number of para-hydroxylation sites is 2. The van der Waals surface area contributed by atoms with Crippen LogP contribution in [0.2, 0.25) is 0 Å². The molecule has 1 atom stereocenters. The minimum Gasteiger partial charge on any atom is -0.482 e. The Kier molecular flexibility index (Phi) is 6.26. The van der Waals surface area contributed by atoms with Crippen LogP contribution in [0.25, 0.3) is 0 Å². The number of rotatable bonds is 7. The number of esters is 1. The number of anilines is 1. The van der Waals surface area contributed by atoms with Crippen LogP contribution in [0.4, 0.5) is 5.69 Å². The molecule has 0 unspecified atom stereocenters. The molecule has 1 aliphatic rings. The fourth-order valence-electron chi connectivity index (χ4n) is 2.86. The van der Waals surface area contributed by atoms with Gasteiger partial charge in [-0.25, -0.2) is 0 Å². The van der Waals surface area contributed by atoms with Gasteiger partial charge in [0.15, 0.2) is 12.7 Å². The molecule has 2 aromatic carbocycles. The van der Waals surface area contributed by atoms with E-state index in [0.29, 0.717) is 24.4 Å². The number of benzene rings is 2. The van der Waals surface area contributed by atoms with Crippen molar-refractivity contribution in [1.82, 2.24) is 5.32 Å². The molecule has 0 bridgehead atoms. The third kappa shape index (κ3) is 4.88. The molecule has 2 amide bonds. The molecule has 1 aliphatic heterocycles. The van der Waals surface area contributed by atoms with E-state index < -0.39 is 12.1 Å². The third-order valence-corrected chi connectivity index (χ3v) is 4.33. The van der Waals surface area contributed by atoms with Gasteiger partial charge in [-0.15, -0.1) is 0 Å². The molecule has 0 fully saturated rings. The first-order valence-corrected chi connectivity index (χ1v) is 9.08. The maximum Gasteiger partial charge on any atom is 0.326 e. The Balaban J connectivity index is 1.49.